The summed E-state index contributed by atoms with van der Waals surface area (Å²) < 4.78 is 5.22. The van der Waals surface area contributed by atoms with Crippen LogP contribution in [0.3, 0.4) is 0 Å². The van der Waals surface area contributed by atoms with Crippen molar-refractivity contribution < 1.29 is 9.53 Å². The first kappa shape index (κ1) is 12.5. The Morgan fingerprint density at radius 2 is 2.07 bits per heavy atom. The lowest BCUT2D eigenvalue weighted by Gasteiger charge is -2.11. The molecular formula is C13H24O2. The summed E-state index contributed by atoms with van der Waals surface area (Å²) in [5.74, 6) is 1.30. The molecule has 1 fully saturated rings. The molecule has 0 aliphatic heterocycles. The highest BCUT2D eigenvalue weighted by Crippen LogP contribution is 2.28. The van der Waals surface area contributed by atoms with Crippen LogP contribution in [0.5, 0.6) is 0 Å². The van der Waals surface area contributed by atoms with Crippen molar-refractivity contribution >= 4 is 5.97 Å². The average molecular weight is 212 g/mol. The van der Waals surface area contributed by atoms with Gasteiger partial charge in [-0.25, -0.2) is 0 Å². The zero-order valence-electron chi connectivity index (χ0n) is 10.1. The number of hydrogen-bond donors (Lipinski definition) is 0. The van der Waals surface area contributed by atoms with Gasteiger partial charge in [-0.05, 0) is 18.3 Å². The van der Waals surface area contributed by atoms with Gasteiger partial charge in [0.05, 0.1) is 6.61 Å². The molecule has 0 spiro atoms. The third-order valence-electron chi connectivity index (χ3n) is 3.46. The molecule has 0 amide bonds. The van der Waals surface area contributed by atoms with Crippen LogP contribution in [-0.4, -0.2) is 12.6 Å². The predicted molar refractivity (Wildman–Crippen MR) is 61.6 cm³/mol. The van der Waals surface area contributed by atoms with Crippen LogP contribution in [0.2, 0.25) is 0 Å². The lowest BCUT2D eigenvalue weighted by atomic mass is 10.0. The van der Waals surface area contributed by atoms with Gasteiger partial charge in [0.1, 0.15) is 0 Å². The maximum Gasteiger partial charge on any atom is 0.305 e. The topological polar surface area (TPSA) is 26.3 Å². The van der Waals surface area contributed by atoms with E-state index in [4.69, 9.17) is 4.74 Å². The minimum atomic E-state index is 0.00204. The molecule has 1 rings (SSSR count). The first-order valence-electron chi connectivity index (χ1n) is 6.38. The Labute approximate surface area is 93.4 Å². The number of rotatable bonds is 6. The Morgan fingerprint density at radius 3 is 2.67 bits per heavy atom. The largest absolute Gasteiger partial charge is 0.465 e. The molecule has 1 aliphatic rings. The van der Waals surface area contributed by atoms with Crippen LogP contribution in [0, 0.1) is 11.8 Å². The van der Waals surface area contributed by atoms with Crippen molar-refractivity contribution in [2.24, 2.45) is 11.8 Å². The summed E-state index contributed by atoms with van der Waals surface area (Å²) in [4.78, 5) is 11.4. The highest BCUT2D eigenvalue weighted by Gasteiger charge is 2.16. The van der Waals surface area contributed by atoms with Crippen molar-refractivity contribution in [2.75, 3.05) is 6.61 Å². The third-order valence-corrected chi connectivity index (χ3v) is 3.46. The van der Waals surface area contributed by atoms with Gasteiger partial charge >= 0.3 is 5.97 Å². The maximum absolute atomic E-state index is 11.4. The molecule has 0 saturated heterocycles. The summed E-state index contributed by atoms with van der Waals surface area (Å²) in [6.07, 6.45) is 8.09. The van der Waals surface area contributed by atoms with Gasteiger partial charge in [-0.2, -0.15) is 0 Å². The SMILES string of the molecule is CCC(C)COC(=O)CCC1CCCC1. The van der Waals surface area contributed by atoms with Crippen molar-refractivity contribution in [2.45, 2.75) is 58.8 Å². The van der Waals surface area contributed by atoms with Crippen LogP contribution in [-0.2, 0) is 9.53 Å². The second-order valence-electron chi connectivity index (χ2n) is 4.89. The summed E-state index contributed by atoms with van der Waals surface area (Å²) in [5.41, 5.74) is 0. The number of carbonyl (C=O) groups is 1. The van der Waals surface area contributed by atoms with E-state index in [-0.39, 0.29) is 5.97 Å². The average Bonchev–Trinajstić information content (AvgIpc) is 2.75. The fourth-order valence-electron chi connectivity index (χ4n) is 2.05. The zero-order valence-corrected chi connectivity index (χ0v) is 10.1. The molecule has 2 heteroatoms. The first-order valence-corrected chi connectivity index (χ1v) is 6.38. The number of esters is 1. The van der Waals surface area contributed by atoms with Crippen molar-refractivity contribution in [3.63, 3.8) is 0 Å². The molecule has 0 aromatic carbocycles. The number of ether oxygens (including phenoxy) is 1. The molecule has 0 aromatic heterocycles. The molecule has 0 aromatic rings. The number of hydrogen-bond acceptors (Lipinski definition) is 2. The van der Waals surface area contributed by atoms with Gasteiger partial charge in [-0.3, -0.25) is 4.79 Å². The molecule has 0 radical (unpaired) electrons. The van der Waals surface area contributed by atoms with Crippen LogP contribution in [0.15, 0.2) is 0 Å². The van der Waals surface area contributed by atoms with Crippen molar-refractivity contribution in [1.29, 1.82) is 0 Å². The van der Waals surface area contributed by atoms with E-state index in [9.17, 15) is 4.79 Å². The van der Waals surface area contributed by atoms with E-state index in [0.29, 0.717) is 18.9 Å². The molecule has 88 valence electrons. The summed E-state index contributed by atoms with van der Waals surface area (Å²) in [6, 6.07) is 0. The summed E-state index contributed by atoms with van der Waals surface area (Å²) in [7, 11) is 0. The van der Waals surface area contributed by atoms with Crippen LogP contribution < -0.4 is 0 Å². The summed E-state index contributed by atoms with van der Waals surface area (Å²) in [5, 5.41) is 0. The van der Waals surface area contributed by atoms with E-state index in [1.807, 2.05) is 0 Å². The standard InChI is InChI=1S/C13H24O2/c1-3-11(2)10-15-13(14)9-8-12-6-4-5-7-12/h11-12H,3-10H2,1-2H3. The predicted octanol–water partition coefficient (Wildman–Crippen LogP) is 3.55. The molecule has 1 atom stereocenters. The lowest BCUT2D eigenvalue weighted by molar-refractivity contribution is -0.145. The molecule has 15 heavy (non-hydrogen) atoms. The molecule has 0 heterocycles. The Balaban J connectivity index is 2.02. The van der Waals surface area contributed by atoms with Crippen LogP contribution in [0.4, 0.5) is 0 Å². The van der Waals surface area contributed by atoms with Crippen molar-refractivity contribution in [3.05, 3.63) is 0 Å². The Kier molecular flexibility index (Phi) is 5.74. The van der Waals surface area contributed by atoms with E-state index in [1.165, 1.54) is 25.7 Å². The maximum atomic E-state index is 11.4. The summed E-state index contributed by atoms with van der Waals surface area (Å²) >= 11 is 0. The van der Waals surface area contributed by atoms with Crippen molar-refractivity contribution in [1.82, 2.24) is 0 Å². The Hall–Kier alpha value is -0.530. The fraction of sp³-hybridized carbons (Fsp3) is 0.923. The van der Waals surface area contributed by atoms with E-state index in [1.54, 1.807) is 0 Å². The molecule has 1 aliphatic carbocycles. The van der Waals surface area contributed by atoms with Gasteiger partial charge in [0.25, 0.3) is 0 Å². The number of carbonyl (C=O) groups excluding carboxylic acids is 1. The lowest BCUT2D eigenvalue weighted by Crippen LogP contribution is -2.12. The van der Waals surface area contributed by atoms with E-state index in [2.05, 4.69) is 13.8 Å². The van der Waals surface area contributed by atoms with Gasteiger partial charge in [-0.15, -0.1) is 0 Å². The first-order chi connectivity index (χ1) is 7.22. The van der Waals surface area contributed by atoms with Gasteiger partial charge < -0.3 is 4.74 Å². The highest BCUT2D eigenvalue weighted by atomic mass is 16.5. The molecule has 2 nitrogen and oxygen atoms in total. The van der Waals surface area contributed by atoms with Gasteiger partial charge in [0.15, 0.2) is 0 Å². The van der Waals surface area contributed by atoms with E-state index in [0.717, 1.165) is 18.8 Å². The molecule has 1 saturated carbocycles. The summed E-state index contributed by atoms with van der Waals surface area (Å²) in [6.45, 7) is 4.83. The van der Waals surface area contributed by atoms with Gasteiger partial charge in [-0.1, -0.05) is 46.0 Å². The molecule has 0 bridgehead atoms. The third kappa shape index (κ3) is 5.19. The zero-order chi connectivity index (χ0) is 11.1. The van der Waals surface area contributed by atoms with Crippen LogP contribution >= 0.6 is 0 Å². The molecule has 1 unspecified atom stereocenters. The van der Waals surface area contributed by atoms with Gasteiger partial charge in [0.2, 0.25) is 0 Å². The normalized spacial score (nSPS) is 19.1. The molecular weight excluding hydrogens is 188 g/mol. The fourth-order valence-corrected chi connectivity index (χ4v) is 2.05. The van der Waals surface area contributed by atoms with Crippen LogP contribution in [0.25, 0.3) is 0 Å². The van der Waals surface area contributed by atoms with E-state index < -0.39 is 0 Å². The Morgan fingerprint density at radius 1 is 1.40 bits per heavy atom. The minimum absolute atomic E-state index is 0.00204. The quantitative estimate of drug-likeness (QED) is 0.629. The van der Waals surface area contributed by atoms with Gasteiger partial charge in [0, 0.05) is 6.42 Å². The molecule has 0 N–H and O–H groups in total. The second-order valence-corrected chi connectivity index (χ2v) is 4.89. The second kappa shape index (κ2) is 6.86. The van der Waals surface area contributed by atoms with E-state index >= 15 is 0 Å². The monoisotopic (exact) mass is 212 g/mol. The smallest absolute Gasteiger partial charge is 0.305 e. The minimum Gasteiger partial charge on any atom is -0.465 e. The van der Waals surface area contributed by atoms with Crippen LogP contribution in [0.1, 0.15) is 58.8 Å². The highest BCUT2D eigenvalue weighted by molar-refractivity contribution is 5.69. The Bertz CT molecular complexity index is 183. The van der Waals surface area contributed by atoms with Crippen molar-refractivity contribution in [3.8, 4) is 0 Å².